The minimum Gasteiger partial charge on any atom is -0.492 e. The summed E-state index contributed by atoms with van der Waals surface area (Å²) in [5.74, 6) is -0.408. The summed E-state index contributed by atoms with van der Waals surface area (Å²) in [5, 5.41) is 2.76. The molecule has 0 spiro atoms. The molecule has 0 unspecified atom stereocenters. The van der Waals surface area contributed by atoms with Crippen LogP contribution in [0.3, 0.4) is 0 Å². The third kappa shape index (κ3) is 7.01. The number of rotatable bonds is 9. The topological polar surface area (TPSA) is 92.9 Å². The zero-order valence-corrected chi connectivity index (χ0v) is 21.6. The number of benzene rings is 2. The average Bonchev–Trinajstić information content (AvgIpc) is 2.89. The molecule has 1 saturated heterocycles. The Bertz CT molecular complexity index is 1300. The van der Waals surface area contributed by atoms with Crippen LogP contribution >= 0.6 is 23.2 Å². The van der Waals surface area contributed by atoms with Crippen molar-refractivity contribution in [3.05, 3.63) is 86.0 Å². The summed E-state index contributed by atoms with van der Waals surface area (Å²) in [6.45, 7) is 6.23. The van der Waals surface area contributed by atoms with Crippen LogP contribution in [-0.4, -0.2) is 55.2 Å². The predicted molar refractivity (Wildman–Crippen MR) is 140 cm³/mol. The monoisotopic (exact) mass is 549 g/mol. The number of anilines is 1. The van der Waals surface area contributed by atoms with Crippen LogP contribution in [0.2, 0.25) is 10.0 Å². The minimum atomic E-state index is -0.756. The zero-order chi connectivity index (χ0) is 26.4. The number of carbonyl (C=O) groups excluding carboxylic acids is 1. The van der Waals surface area contributed by atoms with Crippen molar-refractivity contribution in [2.45, 2.75) is 13.0 Å². The van der Waals surface area contributed by atoms with E-state index >= 15 is 0 Å². The molecule has 4 rings (SSSR count). The molecular formula is C26H26Cl2FN3O5. The maximum atomic E-state index is 13.9. The van der Waals surface area contributed by atoms with E-state index < -0.39 is 23.4 Å². The highest BCUT2D eigenvalue weighted by Gasteiger charge is 2.20. The summed E-state index contributed by atoms with van der Waals surface area (Å²) in [7, 11) is 0. The van der Waals surface area contributed by atoms with Gasteiger partial charge < -0.3 is 24.5 Å². The molecule has 1 aromatic heterocycles. The van der Waals surface area contributed by atoms with Gasteiger partial charge in [0.15, 0.2) is 0 Å². The van der Waals surface area contributed by atoms with Crippen LogP contribution in [0.5, 0.6) is 11.5 Å². The number of halogens is 3. The van der Waals surface area contributed by atoms with Crippen LogP contribution in [0.25, 0.3) is 0 Å². The van der Waals surface area contributed by atoms with Gasteiger partial charge in [-0.25, -0.2) is 4.39 Å². The molecule has 0 radical (unpaired) electrons. The molecule has 1 aliphatic heterocycles. The summed E-state index contributed by atoms with van der Waals surface area (Å²) in [5.41, 5.74) is -0.00917. The number of aromatic nitrogens is 1. The maximum absolute atomic E-state index is 13.9. The fourth-order valence-corrected chi connectivity index (χ4v) is 4.51. The van der Waals surface area contributed by atoms with Gasteiger partial charge in [-0.1, -0.05) is 23.2 Å². The summed E-state index contributed by atoms with van der Waals surface area (Å²) < 4.78 is 30.8. The summed E-state index contributed by atoms with van der Waals surface area (Å²) in [6, 6.07) is 10.7. The molecule has 0 saturated carbocycles. The van der Waals surface area contributed by atoms with Crippen LogP contribution in [-0.2, 0) is 4.74 Å². The minimum absolute atomic E-state index is 0.157. The lowest BCUT2D eigenvalue weighted by Crippen LogP contribution is -2.38. The third-order valence-corrected chi connectivity index (χ3v) is 6.53. The number of H-pyrrole nitrogens is 1. The number of aromatic amines is 1. The first-order valence-corrected chi connectivity index (χ1v) is 12.4. The van der Waals surface area contributed by atoms with Gasteiger partial charge in [0, 0.05) is 48.2 Å². The number of carbonyl (C=O) groups is 1. The second-order valence-electron chi connectivity index (χ2n) is 8.38. The van der Waals surface area contributed by atoms with E-state index in [9.17, 15) is 14.0 Å². The highest BCUT2D eigenvalue weighted by atomic mass is 35.5. The molecule has 196 valence electrons. The number of nitrogens with zero attached hydrogens (tertiary/aromatic N) is 1. The zero-order valence-electron chi connectivity index (χ0n) is 20.1. The number of morpholine rings is 1. The van der Waals surface area contributed by atoms with E-state index in [1.807, 2.05) is 0 Å². The highest BCUT2D eigenvalue weighted by Crippen LogP contribution is 2.34. The van der Waals surface area contributed by atoms with Crippen molar-refractivity contribution in [2.75, 3.05) is 44.8 Å². The normalized spacial score (nSPS) is 14.7. The third-order valence-electron chi connectivity index (χ3n) is 5.81. The van der Waals surface area contributed by atoms with Gasteiger partial charge in [-0.2, -0.15) is 0 Å². The largest absolute Gasteiger partial charge is 0.492 e. The van der Waals surface area contributed by atoms with Crippen molar-refractivity contribution >= 4 is 34.8 Å². The highest BCUT2D eigenvalue weighted by molar-refractivity contribution is 6.36. The quantitative estimate of drug-likeness (QED) is 0.368. The van der Waals surface area contributed by atoms with Crippen molar-refractivity contribution in [3.8, 4) is 11.5 Å². The van der Waals surface area contributed by atoms with Crippen molar-refractivity contribution < 1.29 is 23.4 Å². The number of ether oxygens (including phenoxy) is 3. The number of pyridine rings is 1. The Morgan fingerprint density at radius 3 is 2.62 bits per heavy atom. The molecular weight excluding hydrogens is 524 g/mol. The maximum Gasteiger partial charge on any atom is 0.261 e. The Kier molecular flexibility index (Phi) is 9.04. The molecule has 0 aliphatic carbocycles. The second-order valence-corrected chi connectivity index (χ2v) is 9.16. The van der Waals surface area contributed by atoms with Gasteiger partial charge in [0.05, 0.1) is 18.2 Å². The molecule has 1 aliphatic rings. The lowest BCUT2D eigenvalue weighted by molar-refractivity contribution is 0.0322. The fourth-order valence-electron chi connectivity index (χ4n) is 3.83. The Balaban J connectivity index is 1.37. The van der Waals surface area contributed by atoms with Crippen LogP contribution in [0.15, 0.2) is 53.5 Å². The van der Waals surface area contributed by atoms with E-state index in [-0.39, 0.29) is 26.9 Å². The van der Waals surface area contributed by atoms with Crippen LogP contribution < -0.4 is 20.3 Å². The number of hydrogen-bond acceptors (Lipinski definition) is 6. The van der Waals surface area contributed by atoms with Crippen molar-refractivity contribution in [3.63, 3.8) is 0 Å². The van der Waals surface area contributed by atoms with Gasteiger partial charge in [-0.05, 0) is 43.3 Å². The van der Waals surface area contributed by atoms with E-state index in [0.717, 1.165) is 38.9 Å². The fraction of sp³-hybridized carbons (Fsp3) is 0.308. The van der Waals surface area contributed by atoms with Gasteiger partial charge in [-0.15, -0.1) is 0 Å². The Morgan fingerprint density at radius 2 is 1.89 bits per heavy atom. The lowest BCUT2D eigenvalue weighted by Gasteiger charge is -2.26. The molecule has 3 aromatic rings. The first-order chi connectivity index (χ1) is 17.8. The number of amides is 1. The smallest absolute Gasteiger partial charge is 0.261 e. The van der Waals surface area contributed by atoms with Crippen LogP contribution in [0.4, 0.5) is 10.1 Å². The van der Waals surface area contributed by atoms with Crippen molar-refractivity contribution in [2.24, 2.45) is 0 Å². The van der Waals surface area contributed by atoms with Gasteiger partial charge in [0.2, 0.25) is 0 Å². The molecule has 11 heteroatoms. The van der Waals surface area contributed by atoms with Crippen molar-refractivity contribution in [1.29, 1.82) is 0 Å². The van der Waals surface area contributed by atoms with E-state index in [1.54, 1.807) is 31.2 Å². The van der Waals surface area contributed by atoms with Gasteiger partial charge >= 0.3 is 0 Å². The average molecular weight is 550 g/mol. The predicted octanol–water partition coefficient (Wildman–Crippen LogP) is 4.92. The Labute approximate surface area is 223 Å². The number of nitrogens with one attached hydrogen (secondary N) is 2. The van der Waals surface area contributed by atoms with E-state index in [0.29, 0.717) is 18.0 Å². The van der Waals surface area contributed by atoms with Crippen LogP contribution in [0, 0.1) is 5.82 Å². The van der Waals surface area contributed by atoms with Crippen LogP contribution in [0.1, 0.15) is 28.9 Å². The van der Waals surface area contributed by atoms with E-state index in [4.69, 9.17) is 37.4 Å². The molecule has 2 aromatic carbocycles. The Hall–Kier alpha value is -3.11. The molecule has 2 heterocycles. The molecule has 8 nitrogen and oxygen atoms in total. The number of hydrogen-bond donors (Lipinski definition) is 2. The molecule has 37 heavy (non-hydrogen) atoms. The van der Waals surface area contributed by atoms with E-state index in [2.05, 4.69) is 15.2 Å². The second kappa shape index (κ2) is 12.4. The molecule has 1 amide bonds. The van der Waals surface area contributed by atoms with Gasteiger partial charge in [0.25, 0.3) is 11.5 Å². The molecule has 1 atom stereocenters. The summed E-state index contributed by atoms with van der Waals surface area (Å²) in [4.78, 5) is 29.9. The molecule has 1 fully saturated rings. The van der Waals surface area contributed by atoms with E-state index in [1.165, 1.54) is 18.3 Å². The SMILES string of the molecule is C[C@@H](Oc1c[nH]c(=O)c(C(=O)Nc2ccc(OCCN3CCOCC3)cc2)c1)c1c(Cl)ccc(F)c1Cl. The van der Waals surface area contributed by atoms with Crippen molar-refractivity contribution in [1.82, 2.24) is 9.88 Å². The molecule has 2 N–H and O–H groups in total. The first kappa shape index (κ1) is 26.9. The first-order valence-electron chi connectivity index (χ1n) is 11.7. The standard InChI is InChI=1S/C26H26Cl2FN3O5/c1-16(23-21(27)6-7-22(29)24(23)28)37-19-14-20(25(33)30-15-19)26(34)31-17-2-4-18(5-3-17)36-13-10-32-8-11-35-12-9-32/h2-7,14-16H,8-13H2,1H3,(H,30,33)(H,31,34)/t16-/m1/s1. The van der Waals surface area contributed by atoms with Gasteiger partial charge in [0.1, 0.15) is 35.6 Å². The Morgan fingerprint density at radius 1 is 1.16 bits per heavy atom. The lowest BCUT2D eigenvalue weighted by atomic mass is 10.1. The van der Waals surface area contributed by atoms with Gasteiger partial charge in [-0.3, -0.25) is 14.5 Å². The summed E-state index contributed by atoms with van der Waals surface area (Å²) in [6.07, 6.45) is 0.549. The molecule has 0 bridgehead atoms. The summed E-state index contributed by atoms with van der Waals surface area (Å²) >= 11 is 12.2.